The molecule has 1 rings (SSSR count). The number of hydrogen-bond donors (Lipinski definition) is 1. The zero-order valence-electron chi connectivity index (χ0n) is 10.4. The highest BCUT2D eigenvalue weighted by Crippen LogP contribution is 2.23. The molecule has 1 atom stereocenters. The molecule has 1 fully saturated rings. The normalized spacial score (nSPS) is 28.6. The molecule has 0 aromatic rings. The summed E-state index contributed by atoms with van der Waals surface area (Å²) in [7, 11) is -3.18. The summed E-state index contributed by atoms with van der Waals surface area (Å²) >= 11 is 0. The third kappa shape index (κ3) is 4.03. The molecule has 16 heavy (non-hydrogen) atoms. The summed E-state index contributed by atoms with van der Waals surface area (Å²) in [5.41, 5.74) is -0.858. The SMILES string of the molecule is CC(C)CCS(=O)(=O)N1CCCC(C)(O)C1. The van der Waals surface area contributed by atoms with Crippen LogP contribution in [-0.2, 0) is 10.0 Å². The van der Waals surface area contributed by atoms with Gasteiger partial charge in [-0.25, -0.2) is 8.42 Å². The molecule has 0 saturated carbocycles. The van der Waals surface area contributed by atoms with Crippen molar-refractivity contribution in [2.45, 2.75) is 45.6 Å². The fourth-order valence-electron chi connectivity index (χ4n) is 1.93. The van der Waals surface area contributed by atoms with Crippen molar-refractivity contribution >= 4 is 10.0 Å². The number of hydrogen-bond acceptors (Lipinski definition) is 3. The van der Waals surface area contributed by atoms with Gasteiger partial charge in [-0.1, -0.05) is 13.8 Å². The maximum Gasteiger partial charge on any atom is 0.214 e. The standard InChI is InChI=1S/C11H23NO3S/c1-10(2)5-8-16(14,15)12-7-4-6-11(3,13)9-12/h10,13H,4-9H2,1-3H3. The van der Waals surface area contributed by atoms with Crippen LogP contribution >= 0.6 is 0 Å². The van der Waals surface area contributed by atoms with E-state index in [4.69, 9.17) is 0 Å². The Bertz CT molecular complexity index is 322. The number of β-amino-alcohol motifs (C(OH)–C–C–N with tert-alkyl or cyclic N) is 1. The Morgan fingerprint density at radius 1 is 1.44 bits per heavy atom. The highest BCUT2D eigenvalue weighted by atomic mass is 32.2. The van der Waals surface area contributed by atoms with E-state index < -0.39 is 15.6 Å². The van der Waals surface area contributed by atoms with E-state index in [1.54, 1.807) is 6.92 Å². The summed E-state index contributed by atoms with van der Waals surface area (Å²) in [6, 6.07) is 0. The third-order valence-electron chi connectivity index (χ3n) is 2.99. The highest BCUT2D eigenvalue weighted by Gasteiger charge is 2.34. The number of rotatable bonds is 4. The molecular formula is C11H23NO3S. The third-order valence-corrected chi connectivity index (χ3v) is 4.84. The Labute approximate surface area is 98.7 Å². The second kappa shape index (κ2) is 5.02. The van der Waals surface area contributed by atoms with Gasteiger partial charge in [0.25, 0.3) is 0 Å². The van der Waals surface area contributed by atoms with Gasteiger partial charge in [-0.3, -0.25) is 0 Å². The molecule has 1 aliphatic rings. The van der Waals surface area contributed by atoms with Crippen molar-refractivity contribution < 1.29 is 13.5 Å². The minimum atomic E-state index is -3.18. The quantitative estimate of drug-likeness (QED) is 0.814. The van der Waals surface area contributed by atoms with Crippen molar-refractivity contribution in [1.82, 2.24) is 4.31 Å². The van der Waals surface area contributed by atoms with Crippen molar-refractivity contribution in [3.05, 3.63) is 0 Å². The van der Waals surface area contributed by atoms with Crippen LogP contribution in [0.4, 0.5) is 0 Å². The number of piperidine rings is 1. The lowest BCUT2D eigenvalue weighted by Crippen LogP contribution is -2.49. The molecular weight excluding hydrogens is 226 g/mol. The summed E-state index contributed by atoms with van der Waals surface area (Å²) in [5.74, 6) is 0.584. The fourth-order valence-corrected chi connectivity index (χ4v) is 3.83. The Kier molecular flexibility index (Phi) is 4.37. The molecule has 1 aliphatic heterocycles. The predicted octanol–water partition coefficient (Wildman–Crippen LogP) is 1.21. The first-order chi connectivity index (χ1) is 7.23. The maximum atomic E-state index is 12.0. The van der Waals surface area contributed by atoms with Crippen LogP contribution < -0.4 is 0 Å². The number of aliphatic hydroxyl groups is 1. The molecule has 1 unspecified atom stereocenters. The highest BCUT2D eigenvalue weighted by molar-refractivity contribution is 7.89. The molecule has 5 heteroatoms. The first-order valence-corrected chi connectivity index (χ1v) is 7.54. The molecule has 96 valence electrons. The van der Waals surface area contributed by atoms with Gasteiger partial charge in [0, 0.05) is 13.1 Å². The van der Waals surface area contributed by atoms with Gasteiger partial charge in [-0.05, 0) is 32.1 Å². The van der Waals surface area contributed by atoms with Crippen molar-refractivity contribution in [3.8, 4) is 0 Å². The smallest absolute Gasteiger partial charge is 0.214 e. The van der Waals surface area contributed by atoms with Crippen LogP contribution in [0.5, 0.6) is 0 Å². The Hall–Kier alpha value is -0.130. The van der Waals surface area contributed by atoms with Gasteiger partial charge in [0.2, 0.25) is 10.0 Å². The Balaban J connectivity index is 2.61. The lowest BCUT2D eigenvalue weighted by atomic mass is 9.97. The summed E-state index contributed by atoms with van der Waals surface area (Å²) in [6.45, 7) is 6.53. The van der Waals surface area contributed by atoms with Gasteiger partial charge in [-0.2, -0.15) is 4.31 Å². The van der Waals surface area contributed by atoms with Crippen LogP contribution in [0.25, 0.3) is 0 Å². The minimum Gasteiger partial charge on any atom is -0.389 e. The molecule has 0 spiro atoms. The average Bonchev–Trinajstić information content (AvgIpc) is 2.13. The number of nitrogens with zero attached hydrogens (tertiary/aromatic N) is 1. The van der Waals surface area contributed by atoms with Gasteiger partial charge in [0.05, 0.1) is 11.4 Å². The van der Waals surface area contributed by atoms with E-state index in [-0.39, 0.29) is 12.3 Å². The van der Waals surface area contributed by atoms with Crippen LogP contribution in [0.2, 0.25) is 0 Å². The lowest BCUT2D eigenvalue weighted by Gasteiger charge is -2.36. The predicted molar refractivity (Wildman–Crippen MR) is 64.7 cm³/mol. The molecule has 1 N–H and O–H groups in total. The van der Waals surface area contributed by atoms with E-state index in [9.17, 15) is 13.5 Å². The van der Waals surface area contributed by atoms with Gasteiger partial charge in [0.15, 0.2) is 0 Å². The topological polar surface area (TPSA) is 57.6 Å². The fraction of sp³-hybridized carbons (Fsp3) is 1.00. The Morgan fingerprint density at radius 2 is 2.06 bits per heavy atom. The summed E-state index contributed by atoms with van der Waals surface area (Å²) in [4.78, 5) is 0. The maximum absolute atomic E-state index is 12.0. The molecule has 0 amide bonds. The zero-order chi connectivity index (χ0) is 12.4. The van der Waals surface area contributed by atoms with Crippen molar-refractivity contribution in [2.24, 2.45) is 5.92 Å². The van der Waals surface area contributed by atoms with Crippen molar-refractivity contribution in [1.29, 1.82) is 0 Å². The van der Waals surface area contributed by atoms with Crippen LogP contribution in [0.3, 0.4) is 0 Å². The summed E-state index contributed by atoms with van der Waals surface area (Å²) in [6.07, 6.45) is 2.11. The van der Waals surface area contributed by atoms with Gasteiger partial charge < -0.3 is 5.11 Å². The molecule has 0 radical (unpaired) electrons. The van der Waals surface area contributed by atoms with Crippen LogP contribution in [0, 0.1) is 5.92 Å². The van der Waals surface area contributed by atoms with Gasteiger partial charge >= 0.3 is 0 Å². The van der Waals surface area contributed by atoms with Crippen LogP contribution in [0.15, 0.2) is 0 Å². The van der Waals surface area contributed by atoms with E-state index >= 15 is 0 Å². The first kappa shape index (κ1) is 13.9. The molecule has 1 saturated heterocycles. The molecule has 0 bridgehead atoms. The minimum absolute atomic E-state index is 0.195. The van der Waals surface area contributed by atoms with Crippen LogP contribution in [-0.4, -0.2) is 42.3 Å². The molecule has 0 aromatic carbocycles. The summed E-state index contributed by atoms with van der Waals surface area (Å²) < 4.78 is 25.4. The summed E-state index contributed by atoms with van der Waals surface area (Å²) in [5, 5.41) is 9.88. The Morgan fingerprint density at radius 3 is 2.56 bits per heavy atom. The second-order valence-electron chi connectivity index (χ2n) is 5.43. The molecule has 0 aliphatic carbocycles. The van der Waals surface area contributed by atoms with E-state index in [2.05, 4.69) is 0 Å². The van der Waals surface area contributed by atoms with Gasteiger partial charge in [0.1, 0.15) is 0 Å². The van der Waals surface area contributed by atoms with E-state index in [1.807, 2.05) is 13.8 Å². The average molecular weight is 249 g/mol. The van der Waals surface area contributed by atoms with E-state index in [0.29, 0.717) is 25.3 Å². The van der Waals surface area contributed by atoms with E-state index in [1.165, 1.54) is 4.31 Å². The van der Waals surface area contributed by atoms with Gasteiger partial charge in [-0.15, -0.1) is 0 Å². The lowest BCUT2D eigenvalue weighted by molar-refractivity contribution is 0.00939. The second-order valence-corrected chi connectivity index (χ2v) is 7.52. The molecule has 0 aromatic heterocycles. The largest absolute Gasteiger partial charge is 0.389 e. The van der Waals surface area contributed by atoms with Crippen molar-refractivity contribution in [2.75, 3.05) is 18.8 Å². The zero-order valence-corrected chi connectivity index (χ0v) is 11.3. The molecule has 4 nitrogen and oxygen atoms in total. The number of sulfonamides is 1. The van der Waals surface area contributed by atoms with Crippen molar-refractivity contribution in [3.63, 3.8) is 0 Å². The van der Waals surface area contributed by atoms with Crippen LogP contribution in [0.1, 0.15) is 40.0 Å². The molecule has 1 heterocycles. The monoisotopic (exact) mass is 249 g/mol. The first-order valence-electron chi connectivity index (χ1n) is 5.93. The van der Waals surface area contributed by atoms with E-state index in [0.717, 1.165) is 6.42 Å².